The van der Waals surface area contributed by atoms with Crippen LogP contribution < -0.4 is 16.6 Å². The van der Waals surface area contributed by atoms with Crippen molar-refractivity contribution in [3.05, 3.63) is 65.0 Å². The van der Waals surface area contributed by atoms with Crippen LogP contribution in [0, 0.1) is 0 Å². The summed E-state index contributed by atoms with van der Waals surface area (Å²) in [6.45, 7) is 5.53. The van der Waals surface area contributed by atoms with Crippen molar-refractivity contribution in [2.45, 2.75) is 39.1 Å². The van der Waals surface area contributed by atoms with Crippen LogP contribution >= 0.6 is 0 Å². The molecule has 4 aromatic rings. The highest BCUT2D eigenvalue weighted by molar-refractivity contribution is 5.79. The fourth-order valence-electron chi connectivity index (χ4n) is 3.66. The van der Waals surface area contributed by atoms with Crippen molar-refractivity contribution in [1.82, 2.24) is 29.5 Å². The number of aromatic nitrogens is 5. The van der Waals surface area contributed by atoms with Crippen LogP contribution in [0.4, 0.5) is 23.8 Å². The molecule has 0 saturated heterocycles. The first-order chi connectivity index (χ1) is 17.3. The van der Waals surface area contributed by atoms with Crippen LogP contribution in [-0.2, 0) is 17.5 Å². The molecular weight excluding hydrogens is 491 g/mol. The van der Waals surface area contributed by atoms with Crippen molar-refractivity contribution in [1.29, 1.82) is 0 Å². The average molecular weight is 515 g/mol. The van der Waals surface area contributed by atoms with Crippen LogP contribution in [0.3, 0.4) is 0 Å². The molecule has 0 spiro atoms. The summed E-state index contributed by atoms with van der Waals surface area (Å²) >= 11 is 0. The summed E-state index contributed by atoms with van der Waals surface area (Å²) in [6.07, 6.45) is -1.07. The maximum Gasteiger partial charge on any atom is 0.434 e. The van der Waals surface area contributed by atoms with Gasteiger partial charge in [-0.25, -0.2) is 19.3 Å². The van der Waals surface area contributed by atoms with Gasteiger partial charge < -0.3 is 20.4 Å². The number of nitrogen functional groups attached to an aromatic ring is 1. The lowest BCUT2D eigenvalue weighted by atomic mass is 10.1. The van der Waals surface area contributed by atoms with Crippen molar-refractivity contribution in [3.63, 3.8) is 0 Å². The number of halogens is 3. The number of hydrogen-bond acceptors (Lipinski definition) is 7. The summed E-state index contributed by atoms with van der Waals surface area (Å²) in [5.41, 5.74) is 4.63. The Labute approximate surface area is 208 Å². The zero-order chi connectivity index (χ0) is 27.0. The summed E-state index contributed by atoms with van der Waals surface area (Å²) in [5.74, 6) is -0.262. The van der Waals surface area contributed by atoms with E-state index in [2.05, 4.69) is 20.4 Å². The number of nitrogens with zero attached hydrogens (tertiary/aromatic N) is 5. The Bertz CT molecular complexity index is 1520. The highest BCUT2D eigenvalue weighted by Crippen LogP contribution is 2.37. The summed E-state index contributed by atoms with van der Waals surface area (Å²) in [5, 5.41) is 6.78. The highest BCUT2D eigenvalue weighted by atomic mass is 19.4. The third kappa shape index (κ3) is 5.71. The Morgan fingerprint density at radius 2 is 1.86 bits per heavy atom. The number of pyridine rings is 2. The molecule has 4 aromatic heterocycles. The molecule has 3 N–H and O–H groups in total. The Hall–Kier alpha value is -4.42. The van der Waals surface area contributed by atoms with Crippen LogP contribution in [0.1, 0.15) is 26.5 Å². The van der Waals surface area contributed by atoms with E-state index in [1.165, 1.54) is 39.7 Å². The number of nitrogens with one attached hydrogen (secondary N) is 1. The molecule has 0 unspecified atom stereocenters. The number of carbonyl (C=O) groups excluding carboxylic acids is 1. The number of ether oxygens (including phenoxy) is 1. The predicted octanol–water partition coefficient (Wildman–Crippen LogP) is 3.75. The Balaban J connectivity index is 1.67. The Morgan fingerprint density at radius 1 is 1.11 bits per heavy atom. The van der Waals surface area contributed by atoms with E-state index in [1.807, 2.05) is 0 Å². The summed E-state index contributed by atoms with van der Waals surface area (Å²) < 4.78 is 48.8. The van der Waals surface area contributed by atoms with Gasteiger partial charge in [0.1, 0.15) is 11.4 Å². The number of anilines is 1. The van der Waals surface area contributed by atoms with Crippen molar-refractivity contribution in [2.24, 2.45) is 0 Å². The maximum atomic E-state index is 13.6. The summed E-state index contributed by atoms with van der Waals surface area (Å²) in [4.78, 5) is 32.0. The first kappa shape index (κ1) is 25.7. The first-order valence-corrected chi connectivity index (χ1v) is 11.2. The maximum absolute atomic E-state index is 13.6. The average Bonchev–Trinajstić information content (AvgIpc) is 3.23. The third-order valence-corrected chi connectivity index (χ3v) is 5.18. The molecule has 37 heavy (non-hydrogen) atoms. The molecule has 4 rings (SSSR count). The molecule has 0 aromatic carbocycles. The van der Waals surface area contributed by atoms with E-state index in [-0.39, 0.29) is 41.4 Å². The van der Waals surface area contributed by atoms with Crippen LogP contribution in [0.5, 0.6) is 0 Å². The van der Waals surface area contributed by atoms with Gasteiger partial charge in [0.15, 0.2) is 11.3 Å². The van der Waals surface area contributed by atoms with E-state index in [0.29, 0.717) is 11.1 Å². The van der Waals surface area contributed by atoms with E-state index in [1.54, 1.807) is 39.1 Å². The van der Waals surface area contributed by atoms with Gasteiger partial charge in [0.2, 0.25) is 0 Å². The smallest absolute Gasteiger partial charge is 0.434 e. The van der Waals surface area contributed by atoms with E-state index in [4.69, 9.17) is 10.5 Å². The predicted molar refractivity (Wildman–Crippen MR) is 130 cm³/mol. The third-order valence-electron chi connectivity index (χ3n) is 5.18. The van der Waals surface area contributed by atoms with Crippen molar-refractivity contribution < 1.29 is 22.7 Å². The monoisotopic (exact) mass is 515 g/mol. The van der Waals surface area contributed by atoms with Gasteiger partial charge in [-0.05, 0) is 45.0 Å². The van der Waals surface area contributed by atoms with Gasteiger partial charge in [0, 0.05) is 48.2 Å². The molecule has 1 amide bonds. The lowest BCUT2D eigenvalue weighted by Crippen LogP contribution is -2.35. The number of hydrogen-bond donors (Lipinski definition) is 2. The quantitative estimate of drug-likeness (QED) is 0.414. The van der Waals surface area contributed by atoms with Gasteiger partial charge >= 0.3 is 12.3 Å². The van der Waals surface area contributed by atoms with Crippen molar-refractivity contribution in [3.8, 4) is 22.4 Å². The topological polar surface area (TPSA) is 129 Å². The molecule has 0 saturated carbocycles. The van der Waals surface area contributed by atoms with Crippen LogP contribution in [0.25, 0.3) is 28.0 Å². The summed E-state index contributed by atoms with van der Waals surface area (Å²) in [6, 6.07) is 7.07. The largest absolute Gasteiger partial charge is 0.444 e. The molecule has 194 valence electrons. The number of carbonyl (C=O) groups is 1. The molecule has 0 fully saturated rings. The molecule has 0 aliphatic heterocycles. The SMILES string of the molecule is CC(C)(C)OC(=O)NCCn1cc(-c2ccnn3c(-c4ccc(N)nc4C(F)(F)F)cnc23)ccc1=O. The lowest BCUT2D eigenvalue weighted by molar-refractivity contribution is -0.140. The second-order valence-electron chi connectivity index (χ2n) is 9.13. The highest BCUT2D eigenvalue weighted by Gasteiger charge is 2.37. The zero-order valence-corrected chi connectivity index (χ0v) is 20.2. The Morgan fingerprint density at radius 3 is 2.57 bits per heavy atom. The minimum Gasteiger partial charge on any atom is -0.444 e. The molecule has 0 aliphatic carbocycles. The second-order valence-corrected chi connectivity index (χ2v) is 9.13. The minimum absolute atomic E-state index is 0.0755. The van der Waals surface area contributed by atoms with Gasteiger partial charge in [0.05, 0.1) is 11.9 Å². The van der Waals surface area contributed by atoms with Crippen molar-refractivity contribution >= 4 is 17.6 Å². The normalized spacial score (nSPS) is 12.1. The molecule has 4 heterocycles. The van der Waals surface area contributed by atoms with Crippen LogP contribution in [0.2, 0.25) is 0 Å². The summed E-state index contributed by atoms with van der Waals surface area (Å²) in [7, 11) is 0. The van der Waals surface area contributed by atoms with Crippen LogP contribution in [0.15, 0.2) is 53.7 Å². The van der Waals surface area contributed by atoms with Crippen LogP contribution in [-0.4, -0.2) is 42.4 Å². The fourth-order valence-corrected chi connectivity index (χ4v) is 3.66. The standard InChI is InChI=1S/C24H24F3N7O3/c1-23(2,3)37-22(36)29-10-11-33-13-14(4-7-19(33)35)15-8-9-31-34-17(12-30-21(15)34)16-5-6-18(28)32-20(16)24(25,26)27/h4-9,12-13H,10-11H2,1-3H3,(H2,28,32)(H,29,36). The van der Waals surface area contributed by atoms with E-state index < -0.39 is 23.6 Å². The lowest BCUT2D eigenvalue weighted by Gasteiger charge is -2.19. The van der Waals surface area contributed by atoms with Gasteiger partial charge in [0.25, 0.3) is 5.56 Å². The Kier molecular flexibility index (Phi) is 6.63. The molecule has 0 bridgehead atoms. The molecule has 10 nitrogen and oxygen atoms in total. The molecule has 0 radical (unpaired) electrons. The van der Waals surface area contributed by atoms with E-state index in [9.17, 15) is 22.8 Å². The zero-order valence-electron chi connectivity index (χ0n) is 20.2. The molecule has 0 aliphatic rings. The van der Waals surface area contributed by atoms with Gasteiger partial charge in [-0.2, -0.15) is 18.3 Å². The first-order valence-electron chi connectivity index (χ1n) is 11.2. The van der Waals surface area contributed by atoms with Gasteiger partial charge in [-0.15, -0.1) is 0 Å². The molecule has 13 heteroatoms. The number of rotatable bonds is 5. The fraction of sp³-hybridized carbons (Fsp3) is 0.292. The van der Waals surface area contributed by atoms with E-state index in [0.717, 1.165) is 0 Å². The van der Waals surface area contributed by atoms with Crippen molar-refractivity contribution in [2.75, 3.05) is 12.3 Å². The molecule has 0 atom stereocenters. The number of nitrogens with two attached hydrogens (primary N) is 1. The molecular formula is C24H24F3N7O3. The number of fused-ring (bicyclic) bond motifs is 1. The number of amides is 1. The second kappa shape index (κ2) is 9.56. The number of imidazole rings is 1. The van der Waals surface area contributed by atoms with Gasteiger partial charge in [-0.3, -0.25) is 4.79 Å². The van der Waals surface area contributed by atoms with E-state index >= 15 is 0 Å². The number of alkyl halides is 3. The number of alkyl carbamates (subject to hydrolysis) is 1. The van der Waals surface area contributed by atoms with Gasteiger partial charge in [-0.1, -0.05) is 0 Å². The minimum atomic E-state index is -4.74.